The van der Waals surface area contributed by atoms with Gasteiger partial charge in [-0.25, -0.2) is 4.79 Å². The standard InChI is InChI=1S/C19H28N6O/c1-23-6-2-3-15(13-23)14-24-7-9-25(10-8-24)19(26)21-17-5-4-16-12-20-22-18(16)11-17/h4-5,11-12,15H,2-3,6-10,13-14H2,1H3,(H,20,22)(H,21,26)/t15-/m1/s1. The van der Waals surface area contributed by atoms with E-state index in [-0.39, 0.29) is 6.03 Å². The number of piperidine rings is 1. The van der Waals surface area contributed by atoms with Gasteiger partial charge < -0.3 is 15.1 Å². The van der Waals surface area contributed by atoms with Gasteiger partial charge in [0.15, 0.2) is 0 Å². The summed E-state index contributed by atoms with van der Waals surface area (Å²) < 4.78 is 0. The molecule has 0 saturated carbocycles. The summed E-state index contributed by atoms with van der Waals surface area (Å²) in [5, 5.41) is 11.0. The summed E-state index contributed by atoms with van der Waals surface area (Å²) in [7, 11) is 2.22. The van der Waals surface area contributed by atoms with Crippen molar-refractivity contribution < 1.29 is 4.79 Å². The van der Waals surface area contributed by atoms with Gasteiger partial charge in [0.25, 0.3) is 0 Å². The highest BCUT2D eigenvalue weighted by Crippen LogP contribution is 2.19. The minimum atomic E-state index is -0.0130. The largest absolute Gasteiger partial charge is 0.322 e. The molecule has 0 radical (unpaired) electrons. The first kappa shape index (κ1) is 17.3. The molecule has 0 spiro atoms. The lowest BCUT2D eigenvalue weighted by atomic mass is 9.97. The zero-order valence-corrected chi connectivity index (χ0v) is 15.4. The first-order chi connectivity index (χ1) is 12.7. The highest BCUT2D eigenvalue weighted by molar-refractivity contribution is 5.92. The van der Waals surface area contributed by atoms with E-state index in [0.29, 0.717) is 0 Å². The van der Waals surface area contributed by atoms with E-state index in [1.165, 1.54) is 25.9 Å². The monoisotopic (exact) mass is 356 g/mol. The van der Waals surface area contributed by atoms with Crippen LogP contribution in [-0.4, -0.2) is 83.8 Å². The fourth-order valence-corrected chi connectivity index (χ4v) is 4.14. The van der Waals surface area contributed by atoms with Crippen molar-refractivity contribution in [3.05, 3.63) is 24.4 Å². The number of H-pyrrole nitrogens is 1. The van der Waals surface area contributed by atoms with Gasteiger partial charge in [-0.3, -0.25) is 10.00 Å². The number of fused-ring (bicyclic) bond motifs is 1. The summed E-state index contributed by atoms with van der Waals surface area (Å²) in [6, 6.07) is 5.80. The first-order valence-electron chi connectivity index (χ1n) is 9.57. The van der Waals surface area contributed by atoms with Crippen LogP contribution in [0.15, 0.2) is 24.4 Å². The third-order valence-electron chi connectivity index (χ3n) is 5.59. The number of aromatic amines is 1. The van der Waals surface area contributed by atoms with Crippen molar-refractivity contribution in [1.29, 1.82) is 0 Å². The maximum atomic E-state index is 12.5. The van der Waals surface area contributed by atoms with E-state index in [9.17, 15) is 4.79 Å². The lowest BCUT2D eigenvalue weighted by molar-refractivity contribution is 0.109. The number of hydrogen-bond donors (Lipinski definition) is 2. The van der Waals surface area contributed by atoms with Gasteiger partial charge >= 0.3 is 6.03 Å². The Labute approximate surface area is 154 Å². The number of piperazine rings is 1. The number of anilines is 1. The number of carbonyl (C=O) groups excluding carboxylic acids is 1. The highest BCUT2D eigenvalue weighted by Gasteiger charge is 2.25. The maximum absolute atomic E-state index is 12.5. The van der Waals surface area contributed by atoms with Gasteiger partial charge in [0, 0.05) is 50.3 Å². The molecule has 140 valence electrons. The first-order valence-corrected chi connectivity index (χ1v) is 9.57. The lowest BCUT2D eigenvalue weighted by Gasteiger charge is -2.38. The van der Waals surface area contributed by atoms with Crippen molar-refractivity contribution in [2.24, 2.45) is 5.92 Å². The van der Waals surface area contributed by atoms with Crippen LogP contribution in [0.25, 0.3) is 10.9 Å². The van der Waals surface area contributed by atoms with Crippen LogP contribution in [0, 0.1) is 5.92 Å². The Morgan fingerprint density at radius 3 is 2.92 bits per heavy atom. The van der Waals surface area contributed by atoms with Crippen molar-refractivity contribution in [3.8, 4) is 0 Å². The Kier molecular flexibility index (Phi) is 5.08. The van der Waals surface area contributed by atoms with Crippen molar-refractivity contribution in [1.82, 2.24) is 24.9 Å². The van der Waals surface area contributed by atoms with Crippen LogP contribution in [0.2, 0.25) is 0 Å². The van der Waals surface area contributed by atoms with E-state index >= 15 is 0 Å². The van der Waals surface area contributed by atoms with Crippen LogP contribution in [0.1, 0.15) is 12.8 Å². The SMILES string of the molecule is CN1CCC[C@@H](CN2CCN(C(=O)Nc3ccc4cn[nH]c4c3)CC2)C1. The molecule has 2 amide bonds. The van der Waals surface area contributed by atoms with Crippen LogP contribution >= 0.6 is 0 Å². The molecule has 7 nitrogen and oxygen atoms in total. The molecule has 1 atom stereocenters. The molecular formula is C19H28N6O. The number of nitrogens with one attached hydrogen (secondary N) is 2. The zero-order chi connectivity index (χ0) is 17.9. The Bertz CT molecular complexity index is 751. The van der Waals surface area contributed by atoms with Crippen LogP contribution in [0.4, 0.5) is 10.5 Å². The Morgan fingerprint density at radius 1 is 1.27 bits per heavy atom. The number of nitrogens with zero attached hydrogens (tertiary/aromatic N) is 4. The second-order valence-corrected chi connectivity index (χ2v) is 7.66. The average Bonchev–Trinajstić information content (AvgIpc) is 3.10. The predicted molar refractivity (Wildman–Crippen MR) is 103 cm³/mol. The van der Waals surface area contributed by atoms with E-state index in [1.54, 1.807) is 6.20 Å². The number of likely N-dealkylation sites (tertiary alicyclic amines) is 1. The quantitative estimate of drug-likeness (QED) is 0.883. The minimum Gasteiger partial charge on any atom is -0.322 e. The second kappa shape index (κ2) is 7.63. The van der Waals surface area contributed by atoms with Gasteiger partial charge in [0.1, 0.15) is 0 Å². The number of aromatic nitrogens is 2. The summed E-state index contributed by atoms with van der Waals surface area (Å²) in [5.74, 6) is 0.773. The summed E-state index contributed by atoms with van der Waals surface area (Å²) in [6.45, 7) is 7.11. The van der Waals surface area contributed by atoms with Gasteiger partial charge in [-0.2, -0.15) is 5.10 Å². The molecule has 7 heteroatoms. The Hall–Kier alpha value is -2.12. The number of hydrogen-bond acceptors (Lipinski definition) is 4. The summed E-state index contributed by atoms with van der Waals surface area (Å²) >= 11 is 0. The predicted octanol–water partition coefficient (Wildman–Crippen LogP) is 2.05. The maximum Gasteiger partial charge on any atom is 0.321 e. The fraction of sp³-hybridized carbons (Fsp3) is 0.579. The van der Waals surface area contributed by atoms with Crippen molar-refractivity contribution in [2.75, 3.05) is 58.2 Å². The smallest absolute Gasteiger partial charge is 0.321 e. The van der Waals surface area contributed by atoms with Crippen LogP contribution in [0.3, 0.4) is 0 Å². The van der Waals surface area contributed by atoms with E-state index in [0.717, 1.165) is 55.2 Å². The van der Waals surface area contributed by atoms with Gasteiger partial charge in [-0.05, 0) is 50.6 Å². The molecule has 1 aromatic carbocycles. The number of amides is 2. The van der Waals surface area contributed by atoms with Crippen LogP contribution in [-0.2, 0) is 0 Å². The molecule has 2 N–H and O–H groups in total. The van der Waals surface area contributed by atoms with E-state index in [1.807, 2.05) is 23.1 Å². The van der Waals surface area contributed by atoms with Gasteiger partial charge in [0.05, 0.1) is 11.7 Å². The number of urea groups is 1. The third kappa shape index (κ3) is 3.99. The molecular weight excluding hydrogens is 328 g/mol. The molecule has 2 aliphatic rings. The molecule has 2 aromatic rings. The molecule has 4 rings (SSSR count). The van der Waals surface area contributed by atoms with Gasteiger partial charge in [-0.15, -0.1) is 0 Å². The van der Waals surface area contributed by atoms with Crippen molar-refractivity contribution in [3.63, 3.8) is 0 Å². The summed E-state index contributed by atoms with van der Waals surface area (Å²) in [6.07, 6.45) is 4.43. The van der Waals surface area contributed by atoms with Crippen LogP contribution in [0.5, 0.6) is 0 Å². The molecule has 2 fully saturated rings. The van der Waals surface area contributed by atoms with E-state index in [2.05, 4.69) is 32.4 Å². The van der Waals surface area contributed by atoms with Gasteiger partial charge in [-0.1, -0.05) is 0 Å². The minimum absolute atomic E-state index is 0.0130. The molecule has 1 aromatic heterocycles. The van der Waals surface area contributed by atoms with Gasteiger partial charge in [0.2, 0.25) is 0 Å². The Balaban J connectivity index is 1.26. The normalized spacial score (nSPS) is 22.7. The lowest BCUT2D eigenvalue weighted by Crippen LogP contribution is -2.51. The van der Waals surface area contributed by atoms with E-state index in [4.69, 9.17) is 0 Å². The third-order valence-corrected chi connectivity index (χ3v) is 5.59. The summed E-state index contributed by atoms with van der Waals surface area (Å²) in [5.41, 5.74) is 1.74. The summed E-state index contributed by atoms with van der Waals surface area (Å²) in [4.78, 5) is 19.4. The second-order valence-electron chi connectivity index (χ2n) is 7.66. The highest BCUT2D eigenvalue weighted by atomic mass is 16.2. The number of carbonyl (C=O) groups is 1. The molecule has 3 heterocycles. The Morgan fingerprint density at radius 2 is 2.12 bits per heavy atom. The molecule has 0 unspecified atom stereocenters. The van der Waals surface area contributed by atoms with Crippen molar-refractivity contribution in [2.45, 2.75) is 12.8 Å². The fourth-order valence-electron chi connectivity index (χ4n) is 4.14. The average molecular weight is 356 g/mol. The zero-order valence-electron chi connectivity index (χ0n) is 15.4. The molecule has 2 aliphatic heterocycles. The molecule has 2 saturated heterocycles. The number of benzene rings is 1. The topological polar surface area (TPSA) is 67.5 Å². The number of rotatable bonds is 3. The van der Waals surface area contributed by atoms with Crippen molar-refractivity contribution >= 4 is 22.6 Å². The van der Waals surface area contributed by atoms with Crippen LogP contribution < -0.4 is 5.32 Å². The molecule has 0 bridgehead atoms. The van der Waals surface area contributed by atoms with E-state index < -0.39 is 0 Å². The molecule has 0 aliphatic carbocycles. The molecule has 26 heavy (non-hydrogen) atoms.